The maximum Gasteiger partial charge on any atom is 0.328 e. The highest BCUT2D eigenvalue weighted by molar-refractivity contribution is 8.15. The summed E-state index contributed by atoms with van der Waals surface area (Å²) in [6.07, 6.45) is 0.784. The number of rotatable bonds is 4. The molecule has 6 heteroatoms. The molecule has 0 bridgehead atoms. The normalized spacial score (nSPS) is 16.4. The summed E-state index contributed by atoms with van der Waals surface area (Å²) in [5.74, 6) is 0. The number of hydrogen-bond donors (Lipinski definition) is 1. The van der Waals surface area contributed by atoms with Crippen LogP contribution >= 0.6 is 23.4 Å². The number of nitrogens with one attached hydrogen (secondary N) is 1. The zero-order chi connectivity index (χ0) is 17.6. The predicted molar refractivity (Wildman–Crippen MR) is 107 cm³/mol. The Hall–Kier alpha value is -1.98. The lowest BCUT2D eigenvalue weighted by Gasteiger charge is -2.23. The van der Waals surface area contributed by atoms with Crippen LogP contribution < -0.4 is 10.2 Å². The van der Waals surface area contributed by atoms with Gasteiger partial charge in [-0.15, -0.1) is 0 Å². The summed E-state index contributed by atoms with van der Waals surface area (Å²) in [6, 6.07) is 17.2. The van der Waals surface area contributed by atoms with E-state index in [0.29, 0.717) is 28.5 Å². The van der Waals surface area contributed by atoms with Gasteiger partial charge >= 0.3 is 6.03 Å². The fraction of sp³-hybridized carbons (Fsp3) is 0.263. The molecule has 4 nitrogen and oxygen atoms in total. The molecule has 1 aliphatic heterocycles. The Kier molecular flexibility index (Phi) is 6.00. The second-order valence-corrected chi connectivity index (χ2v) is 7.68. The monoisotopic (exact) mass is 373 g/mol. The van der Waals surface area contributed by atoms with Crippen molar-refractivity contribution in [3.63, 3.8) is 0 Å². The number of benzene rings is 2. The maximum atomic E-state index is 12.8. The zero-order valence-electron chi connectivity index (χ0n) is 14.0. The number of nitrogens with zero attached hydrogens (tertiary/aromatic N) is 2. The third-order valence-electron chi connectivity index (χ3n) is 3.78. The summed E-state index contributed by atoms with van der Waals surface area (Å²) in [5.41, 5.74) is 1.92. The molecule has 2 aromatic rings. The molecule has 0 aromatic heterocycles. The summed E-state index contributed by atoms with van der Waals surface area (Å²) in [5, 5.41) is 4.67. The number of carbonyl (C=O) groups is 1. The van der Waals surface area contributed by atoms with E-state index in [9.17, 15) is 4.79 Å². The molecule has 1 aliphatic rings. The highest BCUT2D eigenvalue weighted by atomic mass is 35.5. The van der Waals surface area contributed by atoms with Crippen molar-refractivity contribution in [2.75, 3.05) is 18.0 Å². The molecule has 3 rings (SSSR count). The molecule has 1 heterocycles. The highest BCUT2D eigenvalue weighted by Crippen LogP contribution is 2.28. The first-order valence-corrected chi connectivity index (χ1v) is 9.48. The van der Waals surface area contributed by atoms with Crippen LogP contribution in [0.5, 0.6) is 0 Å². The van der Waals surface area contributed by atoms with Crippen molar-refractivity contribution in [1.29, 1.82) is 0 Å². The molecule has 2 amide bonds. The Balaban J connectivity index is 1.71. The third kappa shape index (κ3) is 4.77. The third-order valence-corrected chi connectivity index (χ3v) is 5.09. The van der Waals surface area contributed by atoms with Crippen molar-refractivity contribution in [2.24, 2.45) is 4.99 Å². The first-order chi connectivity index (χ1) is 12.1. The zero-order valence-corrected chi connectivity index (χ0v) is 15.6. The van der Waals surface area contributed by atoms with Crippen LogP contribution in [0.2, 0.25) is 5.02 Å². The van der Waals surface area contributed by atoms with Gasteiger partial charge in [0.15, 0.2) is 5.17 Å². The molecule has 1 atom stereocenters. The second-order valence-electron chi connectivity index (χ2n) is 5.83. The quantitative estimate of drug-likeness (QED) is 0.851. The molecule has 25 heavy (non-hydrogen) atoms. The van der Waals surface area contributed by atoms with Crippen LogP contribution in [-0.2, 0) is 6.42 Å². The number of aliphatic imine (C=N–C) groups is 1. The predicted octanol–water partition coefficient (Wildman–Crippen LogP) is 4.59. The molecular formula is C19H20ClN3OS. The lowest BCUT2D eigenvalue weighted by molar-refractivity contribution is 0.249. The summed E-state index contributed by atoms with van der Waals surface area (Å²) >= 11 is 7.71. The van der Waals surface area contributed by atoms with E-state index in [1.165, 1.54) is 5.56 Å². The average Bonchev–Trinajstić information content (AvgIpc) is 3.02. The topological polar surface area (TPSA) is 44.7 Å². The largest absolute Gasteiger partial charge is 0.337 e. The molecule has 0 radical (unpaired) electrons. The summed E-state index contributed by atoms with van der Waals surface area (Å²) in [4.78, 5) is 18.9. The Morgan fingerprint density at radius 1 is 1.28 bits per heavy atom. The lowest BCUT2D eigenvalue weighted by atomic mass is 10.1. The minimum absolute atomic E-state index is 0.182. The molecule has 0 saturated heterocycles. The molecule has 1 N–H and O–H groups in total. The van der Waals surface area contributed by atoms with Gasteiger partial charge in [-0.25, -0.2) is 9.69 Å². The first kappa shape index (κ1) is 17.8. The van der Waals surface area contributed by atoms with Crippen molar-refractivity contribution >= 4 is 40.2 Å². The van der Waals surface area contributed by atoms with E-state index in [2.05, 4.69) is 29.4 Å². The van der Waals surface area contributed by atoms with E-state index >= 15 is 0 Å². The number of halogens is 1. The fourth-order valence-electron chi connectivity index (χ4n) is 2.55. The van der Waals surface area contributed by atoms with Crippen molar-refractivity contribution in [3.8, 4) is 0 Å². The number of amides is 2. The van der Waals surface area contributed by atoms with Crippen molar-refractivity contribution in [2.45, 2.75) is 18.6 Å². The summed E-state index contributed by atoms with van der Waals surface area (Å²) in [7, 11) is 0. The Labute approximate surface area is 157 Å². The fourth-order valence-corrected chi connectivity index (χ4v) is 3.69. The van der Waals surface area contributed by atoms with Crippen LogP contribution in [0.15, 0.2) is 59.6 Å². The van der Waals surface area contributed by atoms with Crippen LogP contribution in [-0.4, -0.2) is 29.5 Å². The van der Waals surface area contributed by atoms with Gasteiger partial charge < -0.3 is 5.32 Å². The summed E-state index contributed by atoms with van der Waals surface area (Å²) < 4.78 is 0. The standard InChI is InChI=1S/C19H20ClN3OS/c1-14-13-22-19(25-14)23(17-9-5-8-16(20)12-17)18(24)21-11-10-15-6-3-2-4-7-15/h2-9,12,14H,10-11,13H2,1H3,(H,21,24). The number of urea groups is 1. The van der Waals surface area contributed by atoms with E-state index in [0.717, 1.165) is 12.1 Å². The highest BCUT2D eigenvalue weighted by Gasteiger charge is 2.27. The SMILES string of the molecule is CC1CN=C(N(C(=O)NCCc2ccccc2)c2cccc(Cl)c2)S1. The molecule has 2 aromatic carbocycles. The van der Waals surface area contributed by atoms with Gasteiger partial charge in [0, 0.05) is 16.8 Å². The number of carbonyl (C=O) groups excluding carboxylic acids is 1. The van der Waals surface area contributed by atoms with Gasteiger partial charge in [-0.3, -0.25) is 4.99 Å². The average molecular weight is 374 g/mol. The molecular weight excluding hydrogens is 354 g/mol. The molecule has 0 aliphatic carbocycles. The molecule has 1 unspecified atom stereocenters. The van der Waals surface area contributed by atoms with Gasteiger partial charge in [0.05, 0.1) is 12.2 Å². The van der Waals surface area contributed by atoms with Crippen LogP contribution in [0.1, 0.15) is 12.5 Å². The second kappa shape index (κ2) is 8.41. The molecule has 0 saturated carbocycles. The Morgan fingerprint density at radius 3 is 2.76 bits per heavy atom. The summed E-state index contributed by atoms with van der Waals surface area (Å²) in [6.45, 7) is 3.38. The van der Waals surface area contributed by atoms with Crippen LogP contribution in [0.4, 0.5) is 10.5 Å². The van der Waals surface area contributed by atoms with Gasteiger partial charge in [-0.05, 0) is 30.2 Å². The van der Waals surface area contributed by atoms with Gasteiger partial charge in [0.25, 0.3) is 0 Å². The number of anilines is 1. The van der Waals surface area contributed by atoms with Crippen molar-refractivity contribution in [3.05, 3.63) is 65.2 Å². The van der Waals surface area contributed by atoms with Crippen molar-refractivity contribution < 1.29 is 4.79 Å². The van der Waals surface area contributed by atoms with E-state index < -0.39 is 0 Å². The Bertz CT molecular complexity index is 766. The van der Waals surface area contributed by atoms with E-state index in [-0.39, 0.29) is 6.03 Å². The van der Waals surface area contributed by atoms with E-state index in [4.69, 9.17) is 11.6 Å². The minimum Gasteiger partial charge on any atom is -0.337 e. The Morgan fingerprint density at radius 2 is 2.08 bits per heavy atom. The number of amidine groups is 1. The maximum absolute atomic E-state index is 12.8. The van der Waals surface area contributed by atoms with Gasteiger partial charge in [0.1, 0.15) is 0 Å². The lowest BCUT2D eigenvalue weighted by Crippen LogP contribution is -2.43. The van der Waals surface area contributed by atoms with Crippen molar-refractivity contribution in [1.82, 2.24) is 5.32 Å². The van der Waals surface area contributed by atoms with Gasteiger partial charge in [-0.2, -0.15) is 0 Å². The van der Waals surface area contributed by atoms with Crippen LogP contribution in [0, 0.1) is 0 Å². The van der Waals surface area contributed by atoms with E-state index in [1.807, 2.05) is 30.3 Å². The molecule has 0 spiro atoms. The first-order valence-electron chi connectivity index (χ1n) is 8.22. The minimum atomic E-state index is -0.182. The smallest absolute Gasteiger partial charge is 0.328 e. The van der Waals surface area contributed by atoms with E-state index in [1.54, 1.807) is 28.8 Å². The molecule has 0 fully saturated rings. The van der Waals surface area contributed by atoms with Crippen LogP contribution in [0.25, 0.3) is 0 Å². The number of hydrogen-bond acceptors (Lipinski definition) is 3. The van der Waals surface area contributed by atoms with Gasteiger partial charge in [-0.1, -0.05) is 66.7 Å². The van der Waals surface area contributed by atoms with Crippen LogP contribution in [0.3, 0.4) is 0 Å². The van der Waals surface area contributed by atoms with Gasteiger partial charge in [0.2, 0.25) is 0 Å². The molecule has 130 valence electrons. The number of thioether (sulfide) groups is 1.